The third-order valence-electron chi connectivity index (χ3n) is 3.50. The molecule has 0 atom stereocenters. The van der Waals surface area contributed by atoms with Crippen LogP contribution in [0.15, 0.2) is 22.7 Å². The molecule has 8 heteroatoms. The van der Waals surface area contributed by atoms with Crippen molar-refractivity contribution in [1.29, 1.82) is 0 Å². The minimum Gasteiger partial charge on any atom is -0.476 e. The molecule has 1 N–H and O–H groups in total. The highest BCUT2D eigenvalue weighted by Gasteiger charge is 2.27. The maximum absolute atomic E-state index is 11.3. The summed E-state index contributed by atoms with van der Waals surface area (Å²) in [4.78, 5) is 21.5. The van der Waals surface area contributed by atoms with E-state index in [1.807, 2.05) is 0 Å². The van der Waals surface area contributed by atoms with E-state index in [1.54, 1.807) is 10.7 Å². The molecule has 1 aliphatic rings. The van der Waals surface area contributed by atoms with E-state index in [1.165, 1.54) is 12.1 Å². The van der Waals surface area contributed by atoms with E-state index in [0.717, 1.165) is 24.1 Å². The van der Waals surface area contributed by atoms with Crippen LogP contribution in [0.1, 0.15) is 28.2 Å². The maximum Gasteiger partial charge on any atom is 0.356 e. The van der Waals surface area contributed by atoms with Gasteiger partial charge < -0.3 is 5.11 Å². The summed E-state index contributed by atoms with van der Waals surface area (Å²) in [6, 6.07) is 4.34. The first kappa shape index (κ1) is 13.7. The summed E-state index contributed by atoms with van der Waals surface area (Å²) >= 11 is 3.29. The van der Waals surface area contributed by atoms with Crippen LogP contribution in [0.5, 0.6) is 0 Å². The van der Waals surface area contributed by atoms with Gasteiger partial charge in [-0.2, -0.15) is 5.10 Å². The summed E-state index contributed by atoms with van der Waals surface area (Å²) in [5.41, 5.74) is 2.25. The van der Waals surface area contributed by atoms with E-state index in [0.29, 0.717) is 16.6 Å². The van der Waals surface area contributed by atoms with Gasteiger partial charge in [-0.05, 0) is 41.3 Å². The summed E-state index contributed by atoms with van der Waals surface area (Å²) in [7, 11) is 0. The Morgan fingerprint density at radius 2 is 2.19 bits per heavy atom. The number of non-ortho nitro benzene ring substituents is 1. The third kappa shape index (κ3) is 2.21. The van der Waals surface area contributed by atoms with E-state index in [4.69, 9.17) is 0 Å². The highest BCUT2D eigenvalue weighted by Crippen LogP contribution is 2.32. The number of halogens is 1. The van der Waals surface area contributed by atoms with Gasteiger partial charge in [0.2, 0.25) is 0 Å². The van der Waals surface area contributed by atoms with Crippen molar-refractivity contribution in [3.8, 4) is 5.69 Å². The van der Waals surface area contributed by atoms with Crippen molar-refractivity contribution in [2.24, 2.45) is 0 Å². The lowest BCUT2D eigenvalue weighted by atomic mass is 10.2. The van der Waals surface area contributed by atoms with Crippen LogP contribution in [0.25, 0.3) is 5.69 Å². The van der Waals surface area contributed by atoms with Crippen LogP contribution < -0.4 is 0 Å². The molecule has 0 aliphatic heterocycles. The van der Waals surface area contributed by atoms with Crippen LogP contribution in [0, 0.1) is 10.1 Å². The molecular weight excluding hydrogens is 342 g/mol. The average Bonchev–Trinajstić information content (AvgIpc) is 3.00. The van der Waals surface area contributed by atoms with Gasteiger partial charge in [0.05, 0.1) is 15.1 Å². The smallest absolute Gasteiger partial charge is 0.356 e. The number of rotatable bonds is 3. The first-order chi connectivity index (χ1) is 9.99. The summed E-state index contributed by atoms with van der Waals surface area (Å²) in [6.45, 7) is 0. The van der Waals surface area contributed by atoms with Crippen molar-refractivity contribution in [2.45, 2.75) is 19.3 Å². The van der Waals surface area contributed by atoms with E-state index in [2.05, 4.69) is 21.0 Å². The number of nitro benzene ring substituents is 1. The molecule has 0 bridgehead atoms. The Kier molecular flexibility index (Phi) is 3.25. The molecule has 1 aliphatic carbocycles. The van der Waals surface area contributed by atoms with E-state index in [9.17, 15) is 20.0 Å². The van der Waals surface area contributed by atoms with Gasteiger partial charge in [0.25, 0.3) is 5.69 Å². The molecule has 0 spiro atoms. The molecule has 2 aromatic rings. The van der Waals surface area contributed by atoms with Crippen molar-refractivity contribution in [1.82, 2.24) is 9.78 Å². The standard InChI is InChI=1S/C13H10BrN3O4/c14-9-6-7(17(20)21)4-5-11(9)16-10-3-1-2-8(10)12(15-16)13(18)19/h4-6H,1-3H2,(H,18,19). The van der Waals surface area contributed by atoms with E-state index >= 15 is 0 Å². The highest BCUT2D eigenvalue weighted by molar-refractivity contribution is 9.10. The molecule has 21 heavy (non-hydrogen) atoms. The quantitative estimate of drug-likeness (QED) is 0.677. The van der Waals surface area contributed by atoms with Gasteiger partial charge in [0, 0.05) is 23.4 Å². The number of carboxylic acids is 1. The fourth-order valence-electron chi connectivity index (χ4n) is 2.59. The minimum atomic E-state index is -1.05. The number of hydrogen-bond donors (Lipinski definition) is 1. The van der Waals surface area contributed by atoms with Crippen molar-refractivity contribution >= 4 is 27.6 Å². The third-order valence-corrected chi connectivity index (χ3v) is 4.14. The molecule has 7 nitrogen and oxygen atoms in total. The lowest BCUT2D eigenvalue weighted by molar-refractivity contribution is -0.384. The van der Waals surface area contributed by atoms with Crippen molar-refractivity contribution < 1.29 is 14.8 Å². The molecule has 108 valence electrons. The maximum atomic E-state index is 11.3. The molecule has 0 fully saturated rings. The Labute approximate surface area is 127 Å². The Balaban J connectivity index is 2.16. The molecule has 1 aromatic carbocycles. The van der Waals surface area contributed by atoms with Crippen LogP contribution in [-0.4, -0.2) is 25.8 Å². The average molecular weight is 352 g/mol. The Bertz CT molecular complexity index is 769. The molecule has 0 radical (unpaired) electrons. The number of benzene rings is 1. The van der Waals surface area contributed by atoms with Gasteiger partial charge in [0.1, 0.15) is 0 Å². The van der Waals surface area contributed by atoms with Gasteiger partial charge in [-0.1, -0.05) is 0 Å². The number of hydrogen-bond acceptors (Lipinski definition) is 4. The Hall–Kier alpha value is -2.22. The number of nitrogens with zero attached hydrogens (tertiary/aromatic N) is 3. The Morgan fingerprint density at radius 1 is 1.43 bits per heavy atom. The van der Waals surface area contributed by atoms with Crippen LogP contribution in [0.2, 0.25) is 0 Å². The first-order valence-corrected chi connectivity index (χ1v) is 7.06. The fourth-order valence-corrected chi connectivity index (χ4v) is 3.12. The topological polar surface area (TPSA) is 98.3 Å². The normalized spacial score (nSPS) is 13.2. The first-order valence-electron chi connectivity index (χ1n) is 6.27. The van der Waals surface area contributed by atoms with Gasteiger partial charge >= 0.3 is 5.97 Å². The molecule has 0 unspecified atom stereocenters. The zero-order valence-electron chi connectivity index (χ0n) is 10.7. The predicted molar refractivity (Wildman–Crippen MR) is 76.9 cm³/mol. The van der Waals surface area contributed by atoms with Gasteiger partial charge in [-0.3, -0.25) is 10.1 Å². The number of fused-ring (bicyclic) bond motifs is 1. The number of aromatic nitrogens is 2. The molecule has 0 amide bonds. The number of carboxylic acid groups (broad SMARTS) is 1. The lowest BCUT2D eigenvalue weighted by Crippen LogP contribution is -2.05. The summed E-state index contributed by atoms with van der Waals surface area (Å²) in [5.74, 6) is -1.05. The molecule has 3 rings (SSSR count). The summed E-state index contributed by atoms with van der Waals surface area (Å²) in [6.07, 6.45) is 2.33. The monoisotopic (exact) mass is 351 g/mol. The predicted octanol–water partition coefficient (Wildman–Crippen LogP) is 2.73. The minimum absolute atomic E-state index is 0.0344. The van der Waals surface area contributed by atoms with Crippen molar-refractivity contribution in [3.63, 3.8) is 0 Å². The summed E-state index contributed by atoms with van der Waals surface area (Å²) < 4.78 is 2.07. The van der Waals surface area contributed by atoms with E-state index < -0.39 is 10.9 Å². The van der Waals surface area contributed by atoms with Crippen molar-refractivity contribution in [3.05, 3.63) is 49.7 Å². The molecule has 0 saturated carbocycles. The zero-order valence-corrected chi connectivity index (χ0v) is 12.3. The van der Waals surface area contributed by atoms with E-state index in [-0.39, 0.29) is 11.4 Å². The largest absolute Gasteiger partial charge is 0.476 e. The fraction of sp³-hybridized carbons (Fsp3) is 0.231. The second-order valence-corrected chi connectivity index (χ2v) is 5.59. The second-order valence-electron chi connectivity index (χ2n) is 4.74. The van der Waals surface area contributed by atoms with Crippen LogP contribution in [0.4, 0.5) is 5.69 Å². The SMILES string of the molecule is O=C(O)c1nn(-c2ccc([N+](=O)[O-])cc2Br)c2c1CCC2. The second kappa shape index (κ2) is 4.96. The number of aromatic carboxylic acids is 1. The number of carbonyl (C=O) groups is 1. The van der Waals surface area contributed by atoms with Crippen molar-refractivity contribution in [2.75, 3.05) is 0 Å². The van der Waals surface area contributed by atoms with Crippen LogP contribution in [-0.2, 0) is 12.8 Å². The van der Waals surface area contributed by atoms with Gasteiger partial charge in [0.15, 0.2) is 5.69 Å². The highest BCUT2D eigenvalue weighted by atomic mass is 79.9. The molecule has 1 heterocycles. The summed E-state index contributed by atoms with van der Waals surface area (Å²) in [5, 5.41) is 24.1. The molecular formula is C13H10BrN3O4. The number of nitro groups is 1. The molecule has 1 aromatic heterocycles. The lowest BCUT2D eigenvalue weighted by Gasteiger charge is -2.07. The van der Waals surface area contributed by atoms with Crippen LogP contribution in [0.3, 0.4) is 0 Å². The van der Waals surface area contributed by atoms with Crippen LogP contribution >= 0.6 is 15.9 Å². The van der Waals surface area contributed by atoms with Gasteiger partial charge in [-0.25, -0.2) is 9.48 Å². The van der Waals surface area contributed by atoms with Gasteiger partial charge in [-0.15, -0.1) is 0 Å². The molecule has 0 saturated heterocycles. The zero-order chi connectivity index (χ0) is 15.1. The Morgan fingerprint density at radius 3 is 2.81 bits per heavy atom.